The zero-order valence-electron chi connectivity index (χ0n) is 17.4. The fourth-order valence-electron chi connectivity index (χ4n) is 3.89. The number of nitrogens with one attached hydrogen (secondary N) is 1. The third-order valence-corrected chi connectivity index (χ3v) is 5.53. The average molecular weight is 400 g/mol. The van der Waals surface area contributed by atoms with Crippen molar-refractivity contribution in [2.45, 2.75) is 25.4 Å². The van der Waals surface area contributed by atoms with Crippen LogP contribution in [0.3, 0.4) is 0 Å². The molecule has 3 rings (SSSR count). The Morgan fingerprint density at radius 2 is 1.41 bits per heavy atom. The van der Waals surface area contributed by atoms with Gasteiger partial charge in [-0.15, -0.1) is 0 Å². The molecule has 0 bridgehead atoms. The predicted molar refractivity (Wildman–Crippen MR) is 111 cm³/mol. The van der Waals surface area contributed by atoms with Gasteiger partial charge >= 0.3 is 0 Å². The SMILES string of the molecule is COc1ccc(OC)c([C@@H]2C/C(=N\O)[C@@H](C)[C@H](c3cc(OC)ccc3OC)N2)c1. The molecule has 0 amide bonds. The summed E-state index contributed by atoms with van der Waals surface area (Å²) in [7, 11) is 6.54. The molecule has 7 heteroatoms. The van der Waals surface area contributed by atoms with E-state index in [2.05, 4.69) is 10.5 Å². The van der Waals surface area contributed by atoms with Crippen LogP contribution in [0.25, 0.3) is 0 Å². The molecule has 1 aliphatic rings. The lowest BCUT2D eigenvalue weighted by molar-refractivity contribution is 0.288. The van der Waals surface area contributed by atoms with Gasteiger partial charge in [0.25, 0.3) is 0 Å². The second-order valence-electron chi connectivity index (χ2n) is 7.00. The molecule has 1 saturated heterocycles. The molecule has 0 aliphatic carbocycles. The van der Waals surface area contributed by atoms with Gasteiger partial charge in [-0.05, 0) is 36.4 Å². The average Bonchev–Trinajstić information content (AvgIpc) is 2.78. The zero-order valence-corrected chi connectivity index (χ0v) is 17.4. The molecule has 0 radical (unpaired) electrons. The van der Waals surface area contributed by atoms with Crippen LogP contribution in [0.1, 0.15) is 36.6 Å². The molecule has 2 N–H and O–H groups in total. The first-order chi connectivity index (χ1) is 14.1. The lowest BCUT2D eigenvalue weighted by Gasteiger charge is -2.38. The van der Waals surface area contributed by atoms with Crippen molar-refractivity contribution in [2.24, 2.45) is 11.1 Å². The highest BCUT2D eigenvalue weighted by Crippen LogP contribution is 2.42. The van der Waals surface area contributed by atoms with Crippen LogP contribution in [0.5, 0.6) is 23.0 Å². The molecule has 3 atom stereocenters. The molecule has 0 unspecified atom stereocenters. The van der Waals surface area contributed by atoms with Gasteiger partial charge < -0.3 is 29.5 Å². The van der Waals surface area contributed by atoms with Crippen molar-refractivity contribution in [1.82, 2.24) is 5.32 Å². The number of rotatable bonds is 6. The number of hydrogen-bond acceptors (Lipinski definition) is 7. The Morgan fingerprint density at radius 3 is 1.93 bits per heavy atom. The van der Waals surface area contributed by atoms with Crippen molar-refractivity contribution in [1.29, 1.82) is 0 Å². The second-order valence-corrected chi connectivity index (χ2v) is 7.00. The lowest BCUT2D eigenvalue weighted by atomic mass is 9.81. The van der Waals surface area contributed by atoms with Crippen molar-refractivity contribution < 1.29 is 24.2 Å². The maximum absolute atomic E-state index is 9.69. The fraction of sp³-hybridized carbons (Fsp3) is 0.409. The molecule has 0 saturated carbocycles. The van der Waals surface area contributed by atoms with Gasteiger partial charge in [0.2, 0.25) is 0 Å². The molecular formula is C22H28N2O5. The van der Waals surface area contributed by atoms with Crippen LogP contribution in [-0.2, 0) is 0 Å². The summed E-state index contributed by atoms with van der Waals surface area (Å²) < 4.78 is 22.0. The van der Waals surface area contributed by atoms with Crippen molar-refractivity contribution in [3.05, 3.63) is 47.5 Å². The van der Waals surface area contributed by atoms with E-state index in [0.717, 1.165) is 34.1 Å². The highest BCUT2D eigenvalue weighted by molar-refractivity contribution is 5.88. The molecule has 156 valence electrons. The van der Waals surface area contributed by atoms with Gasteiger partial charge in [-0.3, -0.25) is 0 Å². The number of hydrogen-bond donors (Lipinski definition) is 2. The summed E-state index contributed by atoms with van der Waals surface area (Å²) in [6.07, 6.45) is 0.546. The minimum Gasteiger partial charge on any atom is -0.497 e. The molecular weight excluding hydrogens is 372 g/mol. The van der Waals surface area contributed by atoms with Crippen LogP contribution in [0.15, 0.2) is 41.6 Å². The second kappa shape index (κ2) is 9.05. The number of methoxy groups -OCH3 is 4. The first-order valence-corrected chi connectivity index (χ1v) is 9.47. The van der Waals surface area contributed by atoms with Gasteiger partial charge in [0, 0.05) is 35.5 Å². The highest BCUT2D eigenvalue weighted by Gasteiger charge is 2.36. The largest absolute Gasteiger partial charge is 0.497 e. The number of oxime groups is 1. The van der Waals surface area contributed by atoms with Gasteiger partial charge in [-0.25, -0.2) is 0 Å². The van der Waals surface area contributed by atoms with E-state index < -0.39 is 0 Å². The van der Waals surface area contributed by atoms with Gasteiger partial charge in [0.05, 0.1) is 34.2 Å². The number of benzene rings is 2. The van der Waals surface area contributed by atoms with E-state index in [4.69, 9.17) is 18.9 Å². The summed E-state index contributed by atoms with van der Waals surface area (Å²) in [6.45, 7) is 2.03. The maximum Gasteiger partial charge on any atom is 0.123 e. The van der Waals surface area contributed by atoms with Crippen molar-refractivity contribution in [3.63, 3.8) is 0 Å². The number of ether oxygens (including phenoxy) is 4. The van der Waals surface area contributed by atoms with Crippen molar-refractivity contribution in [3.8, 4) is 23.0 Å². The van der Waals surface area contributed by atoms with Crippen LogP contribution in [0.4, 0.5) is 0 Å². The van der Waals surface area contributed by atoms with E-state index in [1.165, 1.54) is 0 Å². The Balaban J connectivity index is 2.07. The molecule has 1 heterocycles. The lowest BCUT2D eigenvalue weighted by Crippen LogP contribution is -2.41. The van der Waals surface area contributed by atoms with E-state index in [1.54, 1.807) is 28.4 Å². The first-order valence-electron chi connectivity index (χ1n) is 9.47. The maximum atomic E-state index is 9.69. The molecule has 0 aromatic heterocycles. The topological polar surface area (TPSA) is 81.5 Å². The smallest absolute Gasteiger partial charge is 0.123 e. The van der Waals surface area contributed by atoms with Crippen LogP contribution in [-0.4, -0.2) is 39.4 Å². The molecule has 2 aromatic carbocycles. The Hall–Kier alpha value is -2.93. The third kappa shape index (κ3) is 4.10. The quantitative estimate of drug-likeness (QED) is 0.564. The van der Waals surface area contributed by atoms with E-state index >= 15 is 0 Å². The molecule has 1 fully saturated rings. The summed E-state index contributed by atoms with van der Waals surface area (Å²) in [6, 6.07) is 11.1. The van der Waals surface area contributed by atoms with Crippen LogP contribution >= 0.6 is 0 Å². The first kappa shape index (κ1) is 20.8. The summed E-state index contributed by atoms with van der Waals surface area (Å²) in [5.41, 5.74) is 2.58. The zero-order chi connectivity index (χ0) is 21.0. The molecule has 2 aromatic rings. The Kier molecular flexibility index (Phi) is 6.49. The van der Waals surface area contributed by atoms with Crippen LogP contribution in [0, 0.1) is 5.92 Å². The Morgan fingerprint density at radius 1 is 0.862 bits per heavy atom. The molecule has 1 aliphatic heterocycles. The minimum atomic E-state index is -0.152. The summed E-state index contributed by atoms with van der Waals surface area (Å²) in [5.74, 6) is 2.91. The fourth-order valence-corrected chi connectivity index (χ4v) is 3.89. The summed E-state index contributed by atoms with van der Waals surface area (Å²) in [4.78, 5) is 0. The number of piperidine rings is 1. The van der Waals surface area contributed by atoms with Crippen LogP contribution < -0.4 is 24.3 Å². The highest BCUT2D eigenvalue weighted by atomic mass is 16.5. The standard InChI is InChI=1S/C22H28N2O5/c1-13-18(24-25)12-19(16-10-14(26-2)6-8-20(16)28-4)23-22(13)17-11-15(27-3)7-9-21(17)29-5/h6-11,13,19,22-23,25H,12H2,1-5H3/b24-18+/t13-,19+,22-/m1/s1. The van der Waals surface area contributed by atoms with E-state index in [9.17, 15) is 5.21 Å². The molecule has 7 nitrogen and oxygen atoms in total. The molecule has 0 spiro atoms. The predicted octanol–water partition coefficient (Wildman–Crippen LogP) is 3.96. The number of nitrogens with zero attached hydrogens (tertiary/aromatic N) is 1. The monoisotopic (exact) mass is 400 g/mol. The van der Waals surface area contributed by atoms with Crippen molar-refractivity contribution >= 4 is 5.71 Å². The van der Waals surface area contributed by atoms with Crippen LogP contribution in [0.2, 0.25) is 0 Å². The normalized spacial score (nSPS) is 22.9. The summed E-state index contributed by atoms with van der Waals surface area (Å²) in [5, 5.41) is 17.0. The van der Waals surface area contributed by atoms with E-state index in [0.29, 0.717) is 12.1 Å². The Bertz CT molecular complexity index is 884. The minimum absolute atomic E-state index is 0.0474. The van der Waals surface area contributed by atoms with Gasteiger partial charge in [0.1, 0.15) is 23.0 Å². The summed E-state index contributed by atoms with van der Waals surface area (Å²) >= 11 is 0. The van der Waals surface area contributed by atoms with Crippen molar-refractivity contribution in [2.75, 3.05) is 28.4 Å². The van der Waals surface area contributed by atoms with Gasteiger partial charge in [-0.2, -0.15) is 0 Å². The van der Waals surface area contributed by atoms with E-state index in [1.807, 2.05) is 43.3 Å². The molecule has 29 heavy (non-hydrogen) atoms. The van der Waals surface area contributed by atoms with Gasteiger partial charge in [-0.1, -0.05) is 12.1 Å². The van der Waals surface area contributed by atoms with Gasteiger partial charge in [0.15, 0.2) is 0 Å². The van der Waals surface area contributed by atoms with E-state index in [-0.39, 0.29) is 18.0 Å². The Labute approximate surface area is 171 Å². The third-order valence-electron chi connectivity index (χ3n) is 5.53.